The van der Waals surface area contributed by atoms with Crippen LogP contribution in [0.3, 0.4) is 0 Å². The van der Waals surface area contributed by atoms with E-state index in [-0.39, 0.29) is 0 Å². The number of unbranched alkanes of at least 4 members (excludes halogenated alkanes) is 2. The Kier molecular flexibility index (Phi) is 3.20. The molecular weight excluding hydrogens is 122 g/mol. The normalized spacial score (nSPS) is 21.0. The zero-order valence-corrected chi connectivity index (χ0v) is 7.27. The van der Waals surface area contributed by atoms with Gasteiger partial charge in [-0.3, -0.25) is 0 Å². The molecule has 60 valence electrons. The fraction of sp³-hybridized carbons (Fsp3) is 1.00. The van der Waals surface area contributed by atoms with Gasteiger partial charge in [-0.25, -0.2) is 0 Å². The second-order valence-corrected chi connectivity index (χ2v) is 3.58. The van der Waals surface area contributed by atoms with Crippen LogP contribution in [0.25, 0.3) is 0 Å². The SMILES string of the molecule is CCCCCC1CN(C)C1. The van der Waals surface area contributed by atoms with Gasteiger partial charge in [0.25, 0.3) is 0 Å². The standard InChI is InChI=1S/C9H19N/c1-3-4-5-6-9-7-10(2)8-9/h9H,3-8H2,1-2H3. The van der Waals surface area contributed by atoms with E-state index in [1.807, 2.05) is 0 Å². The summed E-state index contributed by atoms with van der Waals surface area (Å²) in [7, 11) is 2.20. The van der Waals surface area contributed by atoms with Gasteiger partial charge in [0.05, 0.1) is 0 Å². The number of rotatable bonds is 4. The van der Waals surface area contributed by atoms with Gasteiger partial charge in [0.2, 0.25) is 0 Å². The van der Waals surface area contributed by atoms with E-state index >= 15 is 0 Å². The van der Waals surface area contributed by atoms with Gasteiger partial charge in [-0.05, 0) is 19.4 Å². The van der Waals surface area contributed by atoms with Crippen molar-refractivity contribution in [3.8, 4) is 0 Å². The molecule has 1 aliphatic heterocycles. The third kappa shape index (κ3) is 2.30. The molecule has 1 aliphatic rings. The Labute approximate surface area is 64.4 Å². The average molecular weight is 141 g/mol. The van der Waals surface area contributed by atoms with Gasteiger partial charge in [0, 0.05) is 13.1 Å². The molecule has 0 spiro atoms. The van der Waals surface area contributed by atoms with Crippen molar-refractivity contribution in [2.45, 2.75) is 32.6 Å². The topological polar surface area (TPSA) is 3.24 Å². The van der Waals surface area contributed by atoms with E-state index in [0.717, 1.165) is 5.92 Å². The smallest absolute Gasteiger partial charge is 0.00190 e. The van der Waals surface area contributed by atoms with Gasteiger partial charge < -0.3 is 4.90 Å². The van der Waals surface area contributed by atoms with Crippen molar-refractivity contribution in [2.75, 3.05) is 20.1 Å². The molecular formula is C9H19N. The van der Waals surface area contributed by atoms with Crippen LogP contribution in [0.5, 0.6) is 0 Å². The van der Waals surface area contributed by atoms with Crippen LogP contribution < -0.4 is 0 Å². The summed E-state index contributed by atoms with van der Waals surface area (Å²) >= 11 is 0. The van der Waals surface area contributed by atoms with E-state index < -0.39 is 0 Å². The molecule has 0 saturated carbocycles. The molecule has 1 rings (SSSR count). The molecule has 0 aromatic rings. The van der Waals surface area contributed by atoms with Crippen molar-refractivity contribution < 1.29 is 0 Å². The number of hydrogen-bond donors (Lipinski definition) is 0. The van der Waals surface area contributed by atoms with Crippen molar-refractivity contribution in [1.82, 2.24) is 4.90 Å². The zero-order valence-electron chi connectivity index (χ0n) is 7.27. The van der Waals surface area contributed by atoms with E-state index in [0.29, 0.717) is 0 Å². The molecule has 0 aromatic carbocycles. The van der Waals surface area contributed by atoms with Gasteiger partial charge in [-0.2, -0.15) is 0 Å². The molecule has 1 heterocycles. The fourth-order valence-corrected chi connectivity index (χ4v) is 1.69. The monoisotopic (exact) mass is 141 g/mol. The van der Waals surface area contributed by atoms with Crippen LogP contribution >= 0.6 is 0 Å². The molecule has 0 aromatic heterocycles. The van der Waals surface area contributed by atoms with E-state index in [4.69, 9.17) is 0 Å². The molecule has 1 fully saturated rings. The van der Waals surface area contributed by atoms with Crippen LogP contribution in [0, 0.1) is 5.92 Å². The van der Waals surface area contributed by atoms with Crippen LogP contribution in [0.1, 0.15) is 32.6 Å². The predicted molar refractivity (Wildman–Crippen MR) is 45.1 cm³/mol. The molecule has 0 atom stereocenters. The zero-order chi connectivity index (χ0) is 7.40. The van der Waals surface area contributed by atoms with Crippen molar-refractivity contribution in [1.29, 1.82) is 0 Å². The highest BCUT2D eigenvalue weighted by molar-refractivity contribution is 4.76. The van der Waals surface area contributed by atoms with Crippen LogP contribution in [0.15, 0.2) is 0 Å². The minimum absolute atomic E-state index is 1.04. The molecule has 0 amide bonds. The van der Waals surface area contributed by atoms with Gasteiger partial charge >= 0.3 is 0 Å². The van der Waals surface area contributed by atoms with E-state index in [2.05, 4.69) is 18.9 Å². The van der Waals surface area contributed by atoms with Crippen LogP contribution in [0.4, 0.5) is 0 Å². The van der Waals surface area contributed by atoms with E-state index in [9.17, 15) is 0 Å². The van der Waals surface area contributed by atoms with Gasteiger partial charge in [-0.15, -0.1) is 0 Å². The molecule has 0 bridgehead atoms. The van der Waals surface area contributed by atoms with Gasteiger partial charge in [0.1, 0.15) is 0 Å². The lowest BCUT2D eigenvalue weighted by Gasteiger charge is -2.36. The summed E-state index contributed by atoms with van der Waals surface area (Å²) in [5.41, 5.74) is 0. The lowest BCUT2D eigenvalue weighted by atomic mass is 9.94. The quantitative estimate of drug-likeness (QED) is 0.542. The Morgan fingerprint density at radius 2 is 2.00 bits per heavy atom. The summed E-state index contributed by atoms with van der Waals surface area (Å²) in [6.45, 7) is 4.97. The Hall–Kier alpha value is -0.0400. The molecule has 0 unspecified atom stereocenters. The molecule has 0 N–H and O–H groups in total. The number of hydrogen-bond acceptors (Lipinski definition) is 1. The average Bonchev–Trinajstić information content (AvgIpc) is 1.85. The molecule has 10 heavy (non-hydrogen) atoms. The maximum Gasteiger partial charge on any atom is 0.00190 e. The number of likely N-dealkylation sites (tertiary alicyclic amines) is 1. The highest BCUT2D eigenvalue weighted by atomic mass is 15.2. The first-order valence-electron chi connectivity index (χ1n) is 4.51. The summed E-state index contributed by atoms with van der Waals surface area (Å²) < 4.78 is 0. The van der Waals surface area contributed by atoms with E-state index in [1.54, 1.807) is 0 Å². The van der Waals surface area contributed by atoms with Crippen molar-refractivity contribution in [2.24, 2.45) is 5.92 Å². The molecule has 0 radical (unpaired) electrons. The maximum absolute atomic E-state index is 2.40. The Balaban J connectivity index is 1.86. The third-order valence-corrected chi connectivity index (χ3v) is 2.36. The summed E-state index contributed by atoms with van der Waals surface area (Å²) in [6.07, 6.45) is 5.72. The second kappa shape index (κ2) is 3.97. The minimum atomic E-state index is 1.04. The predicted octanol–water partition coefficient (Wildman–Crippen LogP) is 2.13. The van der Waals surface area contributed by atoms with Gasteiger partial charge in [-0.1, -0.05) is 26.2 Å². The second-order valence-electron chi connectivity index (χ2n) is 3.58. The molecule has 1 nitrogen and oxygen atoms in total. The van der Waals surface area contributed by atoms with E-state index in [1.165, 1.54) is 38.8 Å². The lowest BCUT2D eigenvalue weighted by molar-refractivity contribution is 0.124. The summed E-state index contributed by atoms with van der Waals surface area (Å²) in [5, 5.41) is 0. The van der Waals surface area contributed by atoms with Crippen molar-refractivity contribution in [3.05, 3.63) is 0 Å². The van der Waals surface area contributed by atoms with Crippen LogP contribution in [0.2, 0.25) is 0 Å². The minimum Gasteiger partial charge on any atom is -0.306 e. The first-order chi connectivity index (χ1) is 4.83. The highest BCUT2D eigenvalue weighted by Gasteiger charge is 2.21. The summed E-state index contributed by atoms with van der Waals surface area (Å²) in [6, 6.07) is 0. The largest absolute Gasteiger partial charge is 0.306 e. The summed E-state index contributed by atoms with van der Waals surface area (Å²) in [5.74, 6) is 1.04. The van der Waals surface area contributed by atoms with Crippen molar-refractivity contribution in [3.63, 3.8) is 0 Å². The molecule has 0 aliphatic carbocycles. The molecule has 1 heteroatoms. The maximum atomic E-state index is 2.40. The highest BCUT2D eigenvalue weighted by Crippen LogP contribution is 2.19. The first kappa shape index (κ1) is 8.06. The third-order valence-electron chi connectivity index (χ3n) is 2.36. The summed E-state index contributed by atoms with van der Waals surface area (Å²) in [4.78, 5) is 2.40. The van der Waals surface area contributed by atoms with Crippen LogP contribution in [-0.2, 0) is 0 Å². The number of nitrogens with zero attached hydrogens (tertiary/aromatic N) is 1. The van der Waals surface area contributed by atoms with Crippen molar-refractivity contribution >= 4 is 0 Å². The fourth-order valence-electron chi connectivity index (χ4n) is 1.69. The van der Waals surface area contributed by atoms with Gasteiger partial charge in [0.15, 0.2) is 0 Å². The Bertz CT molecular complexity index is 84.7. The Morgan fingerprint density at radius 1 is 1.30 bits per heavy atom. The van der Waals surface area contributed by atoms with Crippen LogP contribution in [-0.4, -0.2) is 25.0 Å². The lowest BCUT2D eigenvalue weighted by Crippen LogP contribution is -2.43. The Morgan fingerprint density at radius 3 is 2.50 bits per heavy atom. The molecule has 1 saturated heterocycles. The first-order valence-corrected chi connectivity index (χ1v) is 4.51.